The molecule has 1 N–H and O–H groups in total. The van der Waals surface area contributed by atoms with Crippen LogP contribution in [0.5, 0.6) is 5.75 Å². The van der Waals surface area contributed by atoms with Gasteiger partial charge in [0, 0.05) is 35.7 Å². The number of nitrogens with zero attached hydrogens (tertiary/aromatic N) is 1. The Morgan fingerprint density at radius 3 is 2.55 bits per heavy atom. The minimum Gasteiger partial charge on any atom is -0.489 e. The topological polar surface area (TPSA) is 112 Å². The minimum absolute atomic E-state index is 0.0341. The predicted octanol–water partition coefficient (Wildman–Crippen LogP) is 3.82. The lowest BCUT2D eigenvalue weighted by atomic mass is 10.1. The molecule has 3 aromatic rings. The summed E-state index contributed by atoms with van der Waals surface area (Å²) in [5.41, 5.74) is 1.69. The molecule has 0 amide bonds. The molecule has 3 rings (SSSR count). The number of benzene rings is 2. The highest BCUT2D eigenvalue weighted by molar-refractivity contribution is 5.88. The molecule has 160 valence electrons. The number of nitrogens with one attached hydrogen (secondary N) is 1. The van der Waals surface area contributed by atoms with Crippen molar-refractivity contribution in [3.8, 4) is 5.75 Å². The van der Waals surface area contributed by atoms with Crippen LogP contribution in [0, 0.1) is 10.1 Å². The standard InChI is InChI=1S/C23H22N2O6/c1-2-30-23(27)20-14-24-18(13-21(20)26)9-8-17-12-19(25(28)29)10-11-22(17)31-15-16-6-4-3-5-7-16/h3-7,10-14H,2,8-9,15H2,1H3,(H,24,26). The van der Waals surface area contributed by atoms with Crippen LogP contribution in [0.1, 0.15) is 34.1 Å². The average Bonchev–Trinajstić information content (AvgIpc) is 2.77. The van der Waals surface area contributed by atoms with Crippen molar-refractivity contribution in [3.63, 3.8) is 0 Å². The second-order valence-electron chi connectivity index (χ2n) is 6.78. The Hall–Kier alpha value is -3.94. The van der Waals surface area contributed by atoms with Gasteiger partial charge in [-0.2, -0.15) is 0 Å². The number of ether oxygens (including phenoxy) is 2. The number of aryl methyl sites for hydroxylation is 2. The van der Waals surface area contributed by atoms with Gasteiger partial charge in [0.1, 0.15) is 17.9 Å². The summed E-state index contributed by atoms with van der Waals surface area (Å²) in [6.07, 6.45) is 2.14. The number of carbonyl (C=O) groups excluding carboxylic acids is 1. The lowest BCUT2D eigenvalue weighted by Crippen LogP contribution is -2.18. The van der Waals surface area contributed by atoms with E-state index in [4.69, 9.17) is 9.47 Å². The van der Waals surface area contributed by atoms with E-state index in [1.54, 1.807) is 13.0 Å². The van der Waals surface area contributed by atoms with E-state index >= 15 is 0 Å². The van der Waals surface area contributed by atoms with Gasteiger partial charge in [-0.1, -0.05) is 30.3 Å². The van der Waals surface area contributed by atoms with E-state index in [2.05, 4.69) is 4.98 Å². The lowest BCUT2D eigenvalue weighted by Gasteiger charge is -2.12. The highest BCUT2D eigenvalue weighted by atomic mass is 16.6. The number of aromatic amines is 1. The predicted molar refractivity (Wildman–Crippen MR) is 114 cm³/mol. The molecule has 8 heteroatoms. The number of aromatic nitrogens is 1. The Labute approximate surface area is 178 Å². The molecule has 1 aromatic heterocycles. The molecule has 0 atom stereocenters. The van der Waals surface area contributed by atoms with Crippen molar-refractivity contribution in [2.24, 2.45) is 0 Å². The highest BCUT2D eigenvalue weighted by Gasteiger charge is 2.14. The molecule has 0 spiro atoms. The first-order valence-electron chi connectivity index (χ1n) is 9.80. The number of nitro benzene ring substituents is 1. The minimum atomic E-state index is -0.675. The van der Waals surface area contributed by atoms with Crippen LogP contribution in [0.2, 0.25) is 0 Å². The number of non-ortho nitro benzene ring substituents is 1. The summed E-state index contributed by atoms with van der Waals surface area (Å²) < 4.78 is 10.7. The number of hydrogen-bond acceptors (Lipinski definition) is 6. The number of carbonyl (C=O) groups is 1. The maximum absolute atomic E-state index is 12.2. The first kappa shape index (κ1) is 21.8. The molecule has 0 aliphatic carbocycles. The van der Waals surface area contributed by atoms with E-state index in [-0.39, 0.29) is 17.9 Å². The molecule has 0 fully saturated rings. The summed E-state index contributed by atoms with van der Waals surface area (Å²) in [7, 11) is 0. The SMILES string of the molecule is CCOC(=O)c1c[nH]c(CCc2cc([N+](=O)[O-])ccc2OCc2ccccc2)cc1=O. The third-order valence-corrected chi connectivity index (χ3v) is 4.62. The van der Waals surface area contributed by atoms with Gasteiger partial charge in [0.05, 0.1) is 11.5 Å². The first-order valence-corrected chi connectivity index (χ1v) is 9.80. The molecule has 0 aliphatic rings. The largest absolute Gasteiger partial charge is 0.489 e. The average molecular weight is 422 g/mol. The highest BCUT2D eigenvalue weighted by Crippen LogP contribution is 2.26. The zero-order valence-corrected chi connectivity index (χ0v) is 17.0. The van der Waals surface area contributed by atoms with Gasteiger partial charge < -0.3 is 14.5 Å². The first-order chi connectivity index (χ1) is 15.0. The fourth-order valence-electron chi connectivity index (χ4n) is 3.05. The van der Waals surface area contributed by atoms with E-state index in [0.29, 0.717) is 36.5 Å². The molecule has 0 bridgehead atoms. The van der Waals surface area contributed by atoms with E-state index in [9.17, 15) is 19.7 Å². The van der Waals surface area contributed by atoms with Gasteiger partial charge in [0.25, 0.3) is 5.69 Å². The summed E-state index contributed by atoms with van der Waals surface area (Å²) in [6.45, 7) is 2.17. The zero-order chi connectivity index (χ0) is 22.2. The van der Waals surface area contributed by atoms with E-state index in [0.717, 1.165) is 5.56 Å². The Balaban J connectivity index is 1.76. The van der Waals surface area contributed by atoms with Gasteiger partial charge >= 0.3 is 5.97 Å². The number of H-pyrrole nitrogens is 1. The van der Waals surface area contributed by atoms with Gasteiger partial charge in [-0.05, 0) is 31.4 Å². The van der Waals surface area contributed by atoms with Crippen molar-refractivity contribution in [1.82, 2.24) is 4.98 Å². The van der Waals surface area contributed by atoms with Crippen LogP contribution in [0.4, 0.5) is 5.69 Å². The normalized spacial score (nSPS) is 10.5. The van der Waals surface area contributed by atoms with E-state index in [1.807, 2.05) is 30.3 Å². The summed E-state index contributed by atoms with van der Waals surface area (Å²) >= 11 is 0. The van der Waals surface area contributed by atoms with Crippen LogP contribution in [-0.4, -0.2) is 22.5 Å². The number of esters is 1. The maximum atomic E-state index is 12.2. The molecule has 0 aliphatic heterocycles. The van der Waals surface area contributed by atoms with Crippen molar-refractivity contribution in [2.75, 3.05) is 6.61 Å². The third-order valence-electron chi connectivity index (χ3n) is 4.62. The van der Waals surface area contributed by atoms with Crippen molar-refractivity contribution < 1.29 is 19.2 Å². The van der Waals surface area contributed by atoms with Crippen molar-refractivity contribution in [3.05, 3.63) is 104 Å². The van der Waals surface area contributed by atoms with Crippen LogP contribution < -0.4 is 10.2 Å². The Morgan fingerprint density at radius 2 is 1.87 bits per heavy atom. The number of hydrogen-bond donors (Lipinski definition) is 1. The van der Waals surface area contributed by atoms with Gasteiger partial charge in [-0.15, -0.1) is 0 Å². The zero-order valence-electron chi connectivity index (χ0n) is 17.0. The van der Waals surface area contributed by atoms with Crippen molar-refractivity contribution >= 4 is 11.7 Å². The fraction of sp³-hybridized carbons (Fsp3) is 0.217. The summed E-state index contributed by atoms with van der Waals surface area (Å²) in [4.78, 5) is 37.6. The summed E-state index contributed by atoms with van der Waals surface area (Å²) in [5.74, 6) is -0.134. The number of rotatable bonds is 9. The van der Waals surface area contributed by atoms with Crippen LogP contribution in [0.15, 0.2) is 65.6 Å². The lowest BCUT2D eigenvalue weighted by molar-refractivity contribution is -0.384. The quantitative estimate of drug-likeness (QED) is 0.319. The number of nitro groups is 1. The number of pyridine rings is 1. The Kier molecular flexibility index (Phi) is 7.16. The van der Waals surface area contributed by atoms with Crippen LogP contribution >= 0.6 is 0 Å². The molecule has 2 aromatic carbocycles. The molecule has 0 radical (unpaired) electrons. The van der Waals surface area contributed by atoms with Gasteiger partial charge in [-0.25, -0.2) is 4.79 Å². The van der Waals surface area contributed by atoms with Gasteiger partial charge in [0.2, 0.25) is 0 Å². The van der Waals surface area contributed by atoms with Crippen molar-refractivity contribution in [2.45, 2.75) is 26.4 Å². The van der Waals surface area contributed by atoms with Gasteiger partial charge in [-0.3, -0.25) is 14.9 Å². The Morgan fingerprint density at radius 1 is 1.10 bits per heavy atom. The monoisotopic (exact) mass is 422 g/mol. The second-order valence-corrected chi connectivity index (χ2v) is 6.78. The van der Waals surface area contributed by atoms with E-state index in [1.165, 1.54) is 24.4 Å². The smallest absolute Gasteiger partial charge is 0.343 e. The fourth-order valence-corrected chi connectivity index (χ4v) is 3.05. The van der Waals surface area contributed by atoms with Gasteiger partial charge in [0.15, 0.2) is 5.43 Å². The molecule has 8 nitrogen and oxygen atoms in total. The Bertz CT molecular complexity index is 1120. The van der Waals surface area contributed by atoms with E-state index < -0.39 is 16.3 Å². The molecule has 0 saturated heterocycles. The molecule has 31 heavy (non-hydrogen) atoms. The third kappa shape index (κ3) is 5.79. The second kappa shape index (κ2) is 10.2. The summed E-state index contributed by atoms with van der Waals surface area (Å²) in [6, 6.07) is 15.4. The molecule has 0 saturated carbocycles. The van der Waals surface area contributed by atoms with Crippen LogP contribution in [-0.2, 0) is 24.2 Å². The molecule has 1 heterocycles. The van der Waals surface area contributed by atoms with Crippen molar-refractivity contribution in [1.29, 1.82) is 0 Å². The molecular weight excluding hydrogens is 400 g/mol. The van der Waals surface area contributed by atoms with Crippen LogP contribution in [0.3, 0.4) is 0 Å². The summed E-state index contributed by atoms with van der Waals surface area (Å²) in [5, 5.41) is 11.2. The molecular formula is C23H22N2O6. The maximum Gasteiger partial charge on any atom is 0.343 e. The van der Waals surface area contributed by atoms with Crippen LogP contribution in [0.25, 0.3) is 0 Å². The molecule has 0 unspecified atom stereocenters.